The van der Waals surface area contributed by atoms with Gasteiger partial charge in [0.1, 0.15) is 0 Å². The largest absolute Gasteiger partial charge is 0.360 e. The van der Waals surface area contributed by atoms with Crippen LogP contribution in [0.5, 0.6) is 0 Å². The molecule has 0 radical (unpaired) electrons. The number of carbonyl (C=O) groups is 1. The number of ether oxygens (including phenoxy) is 1. The second-order valence-corrected chi connectivity index (χ2v) is 4.34. The van der Waals surface area contributed by atoms with Crippen molar-refractivity contribution in [1.29, 1.82) is 0 Å². The SMILES string of the molecule is CCC1CCCC(O)(C(=O)C(C)C)O1. The molecule has 3 nitrogen and oxygen atoms in total. The Kier molecular flexibility index (Phi) is 3.67. The van der Waals surface area contributed by atoms with Crippen molar-refractivity contribution in [2.45, 2.75) is 58.3 Å². The molecule has 14 heavy (non-hydrogen) atoms. The van der Waals surface area contributed by atoms with Crippen molar-refractivity contribution in [3.63, 3.8) is 0 Å². The first-order chi connectivity index (χ1) is 6.49. The highest BCUT2D eigenvalue weighted by Gasteiger charge is 2.42. The van der Waals surface area contributed by atoms with E-state index in [1.54, 1.807) is 13.8 Å². The molecular formula is C11H20O3. The second-order valence-electron chi connectivity index (χ2n) is 4.34. The number of hydrogen-bond donors (Lipinski definition) is 1. The first kappa shape index (κ1) is 11.7. The van der Waals surface area contributed by atoms with E-state index in [1.807, 2.05) is 6.92 Å². The van der Waals surface area contributed by atoms with E-state index in [1.165, 1.54) is 0 Å². The Morgan fingerprint density at radius 1 is 1.64 bits per heavy atom. The van der Waals surface area contributed by atoms with Gasteiger partial charge in [0.05, 0.1) is 6.10 Å². The number of Topliss-reactive ketones (excluding diaryl/α,β-unsaturated/α-hetero) is 1. The summed E-state index contributed by atoms with van der Waals surface area (Å²) >= 11 is 0. The number of aliphatic hydroxyl groups is 1. The normalized spacial score (nSPS) is 33.4. The monoisotopic (exact) mass is 200 g/mol. The molecule has 82 valence electrons. The van der Waals surface area contributed by atoms with Gasteiger partial charge in [0.2, 0.25) is 5.79 Å². The minimum absolute atomic E-state index is 0.0384. The second kappa shape index (κ2) is 4.41. The fourth-order valence-corrected chi connectivity index (χ4v) is 1.88. The molecule has 0 bridgehead atoms. The third-order valence-corrected chi connectivity index (χ3v) is 2.77. The van der Waals surface area contributed by atoms with E-state index in [-0.39, 0.29) is 17.8 Å². The number of rotatable bonds is 3. The predicted molar refractivity (Wildman–Crippen MR) is 53.8 cm³/mol. The maximum absolute atomic E-state index is 11.7. The zero-order valence-electron chi connectivity index (χ0n) is 9.25. The van der Waals surface area contributed by atoms with Gasteiger partial charge in [-0.2, -0.15) is 0 Å². The summed E-state index contributed by atoms with van der Waals surface area (Å²) in [5.41, 5.74) is 0. The molecule has 1 fully saturated rings. The van der Waals surface area contributed by atoms with Crippen LogP contribution in [0.2, 0.25) is 0 Å². The molecule has 0 aromatic heterocycles. The smallest absolute Gasteiger partial charge is 0.226 e. The quantitative estimate of drug-likeness (QED) is 0.756. The Hall–Kier alpha value is -0.410. The van der Waals surface area contributed by atoms with Crippen LogP contribution in [0.1, 0.15) is 46.5 Å². The van der Waals surface area contributed by atoms with Crippen LogP contribution in [0.3, 0.4) is 0 Å². The standard InChI is InChI=1S/C11H20O3/c1-4-9-6-5-7-11(13,14-9)10(12)8(2)3/h8-9,13H,4-7H2,1-3H3. The molecule has 0 aliphatic carbocycles. The fourth-order valence-electron chi connectivity index (χ4n) is 1.88. The molecule has 1 aliphatic heterocycles. The molecule has 1 N–H and O–H groups in total. The molecule has 1 aliphatic rings. The van der Waals surface area contributed by atoms with Crippen molar-refractivity contribution >= 4 is 5.78 Å². The summed E-state index contributed by atoms with van der Waals surface area (Å²) in [6.45, 7) is 5.59. The number of ketones is 1. The van der Waals surface area contributed by atoms with Crippen LogP contribution in [-0.4, -0.2) is 22.8 Å². The first-order valence-electron chi connectivity index (χ1n) is 5.44. The molecule has 0 spiro atoms. The van der Waals surface area contributed by atoms with Crippen LogP contribution < -0.4 is 0 Å². The summed E-state index contributed by atoms with van der Waals surface area (Å²) < 4.78 is 5.45. The summed E-state index contributed by atoms with van der Waals surface area (Å²) in [5.74, 6) is -1.86. The van der Waals surface area contributed by atoms with E-state index in [2.05, 4.69) is 0 Å². The van der Waals surface area contributed by atoms with Crippen LogP contribution in [0.25, 0.3) is 0 Å². The molecule has 0 aromatic rings. The zero-order chi connectivity index (χ0) is 10.8. The van der Waals surface area contributed by atoms with E-state index in [0.29, 0.717) is 6.42 Å². The van der Waals surface area contributed by atoms with Gasteiger partial charge in [-0.1, -0.05) is 20.8 Å². The van der Waals surface area contributed by atoms with Crippen LogP contribution in [0, 0.1) is 5.92 Å². The lowest BCUT2D eigenvalue weighted by molar-refractivity contribution is -0.244. The minimum Gasteiger partial charge on any atom is -0.360 e. The van der Waals surface area contributed by atoms with E-state index >= 15 is 0 Å². The Balaban J connectivity index is 2.68. The Labute approximate surface area is 85.5 Å². The third kappa shape index (κ3) is 2.34. The first-order valence-corrected chi connectivity index (χ1v) is 5.44. The molecular weight excluding hydrogens is 180 g/mol. The summed E-state index contributed by atoms with van der Waals surface area (Å²) in [7, 11) is 0. The van der Waals surface area contributed by atoms with Crippen LogP contribution in [0.15, 0.2) is 0 Å². The number of hydrogen-bond acceptors (Lipinski definition) is 3. The average Bonchev–Trinajstić information content (AvgIpc) is 2.16. The topological polar surface area (TPSA) is 46.5 Å². The summed E-state index contributed by atoms with van der Waals surface area (Å²) in [6, 6.07) is 0. The minimum atomic E-state index is -1.51. The Bertz CT molecular complexity index is 213. The van der Waals surface area contributed by atoms with Gasteiger partial charge >= 0.3 is 0 Å². The highest BCUT2D eigenvalue weighted by molar-refractivity contribution is 5.87. The van der Waals surface area contributed by atoms with E-state index in [0.717, 1.165) is 19.3 Å². The molecule has 1 rings (SSSR count). The van der Waals surface area contributed by atoms with E-state index in [4.69, 9.17) is 4.74 Å². The molecule has 2 unspecified atom stereocenters. The molecule has 1 saturated heterocycles. The average molecular weight is 200 g/mol. The summed E-state index contributed by atoms with van der Waals surface area (Å²) in [4.78, 5) is 11.7. The molecule has 1 heterocycles. The van der Waals surface area contributed by atoms with Crippen LogP contribution in [0.4, 0.5) is 0 Å². The van der Waals surface area contributed by atoms with Crippen molar-refractivity contribution in [2.24, 2.45) is 5.92 Å². The highest BCUT2D eigenvalue weighted by Crippen LogP contribution is 2.30. The van der Waals surface area contributed by atoms with Gasteiger partial charge in [-0.3, -0.25) is 4.79 Å². The highest BCUT2D eigenvalue weighted by atomic mass is 16.6. The van der Waals surface area contributed by atoms with Crippen molar-refractivity contribution in [3.05, 3.63) is 0 Å². The maximum Gasteiger partial charge on any atom is 0.226 e. The van der Waals surface area contributed by atoms with Crippen molar-refractivity contribution in [3.8, 4) is 0 Å². The lowest BCUT2D eigenvalue weighted by Crippen LogP contribution is -2.49. The van der Waals surface area contributed by atoms with Crippen molar-refractivity contribution < 1.29 is 14.6 Å². The van der Waals surface area contributed by atoms with Crippen molar-refractivity contribution in [2.75, 3.05) is 0 Å². The predicted octanol–water partition coefficient (Wildman–Crippen LogP) is 1.88. The summed E-state index contributed by atoms with van der Waals surface area (Å²) in [5, 5.41) is 10.0. The van der Waals surface area contributed by atoms with E-state index < -0.39 is 5.79 Å². The number of carbonyl (C=O) groups excluding carboxylic acids is 1. The third-order valence-electron chi connectivity index (χ3n) is 2.77. The molecule has 2 atom stereocenters. The van der Waals surface area contributed by atoms with Crippen LogP contribution in [-0.2, 0) is 9.53 Å². The summed E-state index contributed by atoms with van der Waals surface area (Å²) in [6.07, 6.45) is 3.16. The van der Waals surface area contributed by atoms with Gasteiger partial charge < -0.3 is 9.84 Å². The van der Waals surface area contributed by atoms with Gasteiger partial charge in [-0.05, 0) is 19.3 Å². The van der Waals surface area contributed by atoms with E-state index in [9.17, 15) is 9.90 Å². The van der Waals surface area contributed by atoms with Gasteiger partial charge in [0, 0.05) is 12.3 Å². The molecule has 3 heteroatoms. The van der Waals surface area contributed by atoms with Gasteiger partial charge in [0.25, 0.3) is 0 Å². The molecule has 0 saturated carbocycles. The lowest BCUT2D eigenvalue weighted by atomic mass is 9.92. The molecule has 0 aromatic carbocycles. The zero-order valence-corrected chi connectivity index (χ0v) is 9.25. The van der Waals surface area contributed by atoms with Gasteiger partial charge in [0.15, 0.2) is 5.78 Å². The van der Waals surface area contributed by atoms with Gasteiger partial charge in [-0.15, -0.1) is 0 Å². The van der Waals surface area contributed by atoms with Gasteiger partial charge in [-0.25, -0.2) is 0 Å². The van der Waals surface area contributed by atoms with Crippen LogP contribution >= 0.6 is 0 Å². The Morgan fingerprint density at radius 3 is 2.79 bits per heavy atom. The fraction of sp³-hybridized carbons (Fsp3) is 0.909. The Morgan fingerprint density at radius 2 is 2.29 bits per heavy atom. The molecule has 0 amide bonds. The lowest BCUT2D eigenvalue weighted by Gasteiger charge is -2.36. The van der Waals surface area contributed by atoms with Crippen molar-refractivity contribution in [1.82, 2.24) is 0 Å². The maximum atomic E-state index is 11.7.